The van der Waals surface area contributed by atoms with E-state index in [1.54, 1.807) is 25.3 Å². The van der Waals surface area contributed by atoms with E-state index in [1.165, 1.54) is 11.5 Å². The van der Waals surface area contributed by atoms with Crippen molar-refractivity contribution in [1.29, 1.82) is 0 Å². The molecule has 0 radical (unpaired) electrons. The van der Waals surface area contributed by atoms with Crippen LogP contribution in [0.2, 0.25) is 5.02 Å². The standard InChI is InChI=1S/C27H25ClN4O3S/c1-34-23-11-10-20(26(33)32-14-12-31(13-15-32)22-9-5-8-21(28)18-22)17-24(23)35-27-29-25(30-36-27)16-19-6-3-2-4-7-19/h2-11,17-18H,12-16H2,1H3. The zero-order valence-electron chi connectivity index (χ0n) is 19.8. The van der Waals surface area contributed by atoms with Gasteiger partial charge >= 0.3 is 0 Å². The predicted molar refractivity (Wildman–Crippen MR) is 142 cm³/mol. The van der Waals surface area contributed by atoms with Crippen LogP contribution in [-0.4, -0.2) is 53.5 Å². The molecule has 0 aliphatic carbocycles. The maximum Gasteiger partial charge on any atom is 0.298 e. The molecule has 0 unspecified atom stereocenters. The number of piperazine rings is 1. The number of amides is 1. The highest BCUT2D eigenvalue weighted by Gasteiger charge is 2.24. The summed E-state index contributed by atoms with van der Waals surface area (Å²) in [5.41, 5.74) is 2.73. The van der Waals surface area contributed by atoms with Gasteiger partial charge in [0, 0.05) is 60.4 Å². The molecule has 0 bridgehead atoms. The molecular weight excluding hydrogens is 496 g/mol. The van der Waals surface area contributed by atoms with Gasteiger partial charge < -0.3 is 19.3 Å². The smallest absolute Gasteiger partial charge is 0.298 e. The van der Waals surface area contributed by atoms with E-state index < -0.39 is 0 Å². The molecule has 1 saturated heterocycles. The average molecular weight is 521 g/mol. The molecule has 7 nitrogen and oxygen atoms in total. The second-order valence-corrected chi connectivity index (χ2v) is 9.52. The van der Waals surface area contributed by atoms with Gasteiger partial charge in [-0.05, 0) is 42.0 Å². The van der Waals surface area contributed by atoms with E-state index in [-0.39, 0.29) is 5.91 Å². The van der Waals surface area contributed by atoms with Gasteiger partial charge in [-0.3, -0.25) is 4.79 Å². The molecule has 1 amide bonds. The summed E-state index contributed by atoms with van der Waals surface area (Å²) in [6.07, 6.45) is 0.623. The van der Waals surface area contributed by atoms with E-state index in [4.69, 9.17) is 21.1 Å². The molecule has 5 rings (SSSR count). The van der Waals surface area contributed by atoms with E-state index in [2.05, 4.69) is 14.3 Å². The molecule has 0 saturated carbocycles. The quantitative estimate of drug-likeness (QED) is 0.318. The number of rotatable bonds is 7. The lowest BCUT2D eigenvalue weighted by Gasteiger charge is -2.36. The number of halogens is 1. The summed E-state index contributed by atoms with van der Waals surface area (Å²) in [5, 5.41) is 1.11. The summed E-state index contributed by atoms with van der Waals surface area (Å²) in [7, 11) is 1.57. The summed E-state index contributed by atoms with van der Waals surface area (Å²) in [6.45, 7) is 2.71. The van der Waals surface area contributed by atoms with Crippen LogP contribution in [0.15, 0.2) is 72.8 Å². The Morgan fingerprint density at radius 3 is 2.53 bits per heavy atom. The third-order valence-corrected chi connectivity index (χ3v) is 6.87. The van der Waals surface area contributed by atoms with Crippen LogP contribution < -0.4 is 14.4 Å². The number of benzene rings is 3. The number of methoxy groups -OCH3 is 1. The zero-order valence-corrected chi connectivity index (χ0v) is 21.3. The molecule has 1 aliphatic rings. The van der Waals surface area contributed by atoms with Gasteiger partial charge in [-0.15, -0.1) is 0 Å². The number of carbonyl (C=O) groups excluding carboxylic acids is 1. The minimum atomic E-state index is -0.0460. The van der Waals surface area contributed by atoms with E-state index in [9.17, 15) is 4.79 Å². The molecule has 4 aromatic rings. The maximum atomic E-state index is 13.3. The number of hydrogen-bond donors (Lipinski definition) is 0. The van der Waals surface area contributed by atoms with E-state index >= 15 is 0 Å². The number of ether oxygens (including phenoxy) is 2. The Morgan fingerprint density at radius 1 is 0.972 bits per heavy atom. The summed E-state index contributed by atoms with van der Waals surface area (Å²) in [4.78, 5) is 21.9. The lowest BCUT2D eigenvalue weighted by atomic mass is 10.1. The molecule has 0 atom stereocenters. The van der Waals surface area contributed by atoms with Gasteiger partial charge in [0.1, 0.15) is 0 Å². The number of anilines is 1. The van der Waals surface area contributed by atoms with Gasteiger partial charge in [0.05, 0.1) is 7.11 Å². The van der Waals surface area contributed by atoms with Gasteiger partial charge in [0.2, 0.25) is 0 Å². The molecule has 2 heterocycles. The molecule has 3 aromatic carbocycles. The Kier molecular flexibility index (Phi) is 7.34. The number of aromatic nitrogens is 2. The summed E-state index contributed by atoms with van der Waals surface area (Å²) >= 11 is 7.31. The Hall–Kier alpha value is -3.62. The second kappa shape index (κ2) is 11.0. The van der Waals surface area contributed by atoms with Gasteiger partial charge in [-0.2, -0.15) is 9.36 Å². The van der Waals surface area contributed by atoms with Crippen LogP contribution in [0.1, 0.15) is 21.7 Å². The monoisotopic (exact) mass is 520 g/mol. The van der Waals surface area contributed by atoms with Crippen molar-refractivity contribution in [3.05, 3.63) is 94.8 Å². The fourth-order valence-electron chi connectivity index (χ4n) is 4.14. The normalized spacial score (nSPS) is 13.5. The van der Waals surface area contributed by atoms with Crippen molar-refractivity contribution in [1.82, 2.24) is 14.3 Å². The lowest BCUT2D eigenvalue weighted by molar-refractivity contribution is 0.0746. The average Bonchev–Trinajstić information content (AvgIpc) is 3.35. The SMILES string of the molecule is COc1ccc(C(=O)N2CCN(c3cccc(Cl)c3)CC2)cc1Oc1nc(Cc2ccccc2)ns1. The lowest BCUT2D eigenvalue weighted by Crippen LogP contribution is -2.48. The molecule has 36 heavy (non-hydrogen) atoms. The first-order valence-corrected chi connectivity index (χ1v) is 12.8. The van der Waals surface area contributed by atoms with Crippen LogP contribution in [0.5, 0.6) is 16.7 Å². The van der Waals surface area contributed by atoms with Crippen molar-refractivity contribution >= 4 is 34.7 Å². The Balaban J connectivity index is 1.26. The first kappa shape index (κ1) is 24.1. The summed E-state index contributed by atoms with van der Waals surface area (Å²) in [6, 6.07) is 23.0. The molecular formula is C27H25ClN4O3S. The highest BCUT2D eigenvalue weighted by Crippen LogP contribution is 2.34. The van der Waals surface area contributed by atoms with E-state index in [0.29, 0.717) is 52.6 Å². The number of hydrogen-bond acceptors (Lipinski definition) is 7. The summed E-state index contributed by atoms with van der Waals surface area (Å²) in [5.74, 6) is 1.60. The number of carbonyl (C=O) groups is 1. The summed E-state index contributed by atoms with van der Waals surface area (Å²) < 4.78 is 15.9. The fraction of sp³-hybridized carbons (Fsp3) is 0.222. The topological polar surface area (TPSA) is 67.8 Å². The fourth-order valence-corrected chi connectivity index (χ4v) is 4.88. The second-order valence-electron chi connectivity index (χ2n) is 8.37. The predicted octanol–water partition coefficient (Wildman–Crippen LogP) is 5.55. The van der Waals surface area contributed by atoms with Crippen molar-refractivity contribution in [3.63, 3.8) is 0 Å². The molecule has 0 spiro atoms. The van der Waals surface area contributed by atoms with Crippen molar-refractivity contribution in [3.8, 4) is 16.7 Å². The molecule has 1 aliphatic heterocycles. The van der Waals surface area contributed by atoms with Crippen molar-refractivity contribution in [2.45, 2.75) is 6.42 Å². The van der Waals surface area contributed by atoms with Gasteiger partial charge in [0.25, 0.3) is 11.1 Å². The minimum absolute atomic E-state index is 0.0460. The molecule has 184 valence electrons. The van der Waals surface area contributed by atoms with Crippen LogP contribution in [0.4, 0.5) is 5.69 Å². The Labute approximate surface area is 219 Å². The van der Waals surface area contributed by atoms with Crippen LogP contribution >= 0.6 is 23.1 Å². The van der Waals surface area contributed by atoms with Gasteiger partial charge in [-0.1, -0.05) is 48.0 Å². The maximum absolute atomic E-state index is 13.3. The minimum Gasteiger partial charge on any atom is -0.493 e. The van der Waals surface area contributed by atoms with Crippen molar-refractivity contribution in [2.75, 3.05) is 38.2 Å². The molecule has 9 heteroatoms. The van der Waals surface area contributed by atoms with Crippen LogP contribution in [0, 0.1) is 0 Å². The van der Waals surface area contributed by atoms with Crippen LogP contribution in [-0.2, 0) is 6.42 Å². The largest absolute Gasteiger partial charge is 0.493 e. The molecule has 1 aromatic heterocycles. The highest BCUT2D eigenvalue weighted by atomic mass is 35.5. The van der Waals surface area contributed by atoms with Crippen molar-refractivity contribution < 1.29 is 14.3 Å². The zero-order chi connectivity index (χ0) is 24.9. The van der Waals surface area contributed by atoms with Crippen LogP contribution in [0.25, 0.3) is 0 Å². The number of nitrogens with zero attached hydrogens (tertiary/aromatic N) is 4. The third kappa shape index (κ3) is 5.61. The van der Waals surface area contributed by atoms with Crippen LogP contribution in [0.3, 0.4) is 0 Å². The highest BCUT2D eigenvalue weighted by molar-refractivity contribution is 7.07. The molecule has 0 N–H and O–H groups in total. The first-order chi connectivity index (χ1) is 17.6. The van der Waals surface area contributed by atoms with Gasteiger partial charge in [0.15, 0.2) is 17.3 Å². The Morgan fingerprint density at radius 2 is 1.78 bits per heavy atom. The van der Waals surface area contributed by atoms with Crippen molar-refractivity contribution in [2.24, 2.45) is 0 Å². The van der Waals surface area contributed by atoms with Gasteiger partial charge in [-0.25, -0.2) is 0 Å². The first-order valence-electron chi connectivity index (χ1n) is 11.6. The van der Waals surface area contributed by atoms with E-state index in [0.717, 1.165) is 24.3 Å². The third-order valence-electron chi connectivity index (χ3n) is 6.00. The molecule has 1 fully saturated rings. The van der Waals surface area contributed by atoms with E-state index in [1.807, 2.05) is 59.5 Å². The Bertz CT molecular complexity index is 1340.